The lowest BCUT2D eigenvalue weighted by molar-refractivity contribution is -0.384. The number of non-ortho nitro benzene ring substituents is 1. The van der Waals surface area contributed by atoms with E-state index in [4.69, 9.17) is 21.1 Å². The van der Waals surface area contributed by atoms with E-state index < -0.39 is 4.92 Å². The molecule has 1 rings (SSSR count). The Bertz CT molecular complexity index is 384. The molecule has 0 radical (unpaired) electrons. The summed E-state index contributed by atoms with van der Waals surface area (Å²) in [7, 11) is 1.64. The summed E-state index contributed by atoms with van der Waals surface area (Å²) in [5, 5.41) is 10.9. The van der Waals surface area contributed by atoms with Crippen LogP contribution in [0.5, 0.6) is 5.75 Å². The Morgan fingerprint density at radius 1 is 1.35 bits per heavy atom. The lowest BCUT2D eigenvalue weighted by Gasteiger charge is -2.07. The van der Waals surface area contributed by atoms with Crippen molar-refractivity contribution in [2.45, 2.75) is 12.8 Å². The molecule has 0 aliphatic rings. The number of rotatable bonds is 7. The van der Waals surface area contributed by atoms with Crippen LogP contribution in [0.15, 0.2) is 18.2 Å². The van der Waals surface area contributed by atoms with Gasteiger partial charge in [-0.3, -0.25) is 10.1 Å². The van der Waals surface area contributed by atoms with Crippen molar-refractivity contribution in [3.63, 3.8) is 0 Å². The fraction of sp³-hybridized carbons (Fsp3) is 0.455. The lowest BCUT2D eigenvalue weighted by Crippen LogP contribution is -2.00. The van der Waals surface area contributed by atoms with Gasteiger partial charge in [0.2, 0.25) is 0 Å². The molecule has 0 aromatic heterocycles. The minimum atomic E-state index is -0.478. The second-order valence-corrected chi connectivity index (χ2v) is 3.83. The van der Waals surface area contributed by atoms with Crippen LogP contribution >= 0.6 is 11.6 Å². The monoisotopic (exact) mass is 259 g/mol. The molecule has 0 fully saturated rings. The minimum absolute atomic E-state index is 0.0266. The Balaban J connectivity index is 2.51. The summed E-state index contributed by atoms with van der Waals surface area (Å²) in [6, 6.07) is 4.14. The van der Waals surface area contributed by atoms with Gasteiger partial charge in [0.1, 0.15) is 5.75 Å². The van der Waals surface area contributed by atoms with Gasteiger partial charge in [0.05, 0.1) is 22.6 Å². The van der Waals surface area contributed by atoms with Gasteiger partial charge in [-0.05, 0) is 18.9 Å². The molecule has 0 saturated carbocycles. The third kappa shape index (κ3) is 4.58. The number of hydrogen-bond acceptors (Lipinski definition) is 4. The number of ether oxygens (including phenoxy) is 2. The summed E-state index contributed by atoms with van der Waals surface area (Å²) in [6.45, 7) is 1.14. The third-order valence-electron chi connectivity index (χ3n) is 2.13. The van der Waals surface area contributed by atoms with Crippen molar-refractivity contribution in [1.29, 1.82) is 0 Å². The molecule has 0 unspecified atom stereocenters. The smallest absolute Gasteiger partial charge is 0.273 e. The van der Waals surface area contributed by atoms with E-state index in [1.807, 2.05) is 0 Å². The van der Waals surface area contributed by atoms with Crippen molar-refractivity contribution >= 4 is 17.3 Å². The number of hydrogen-bond donors (Lipinski definition) is 0. The van der Waals surface area contributed by atoms with Gasteiger partial charge in [-0.15, -0.1) is 0 Å². The van der Waals surface area contributed by atoms with Gasteiger partial charge in [0.15, 0.2) is 0 Å². The van der Waals surface area contributed by atoms with Crippen LogP contribution in [-0.2, 0) is 4.74 Å². The van der Waals surface area contributed by atoms with Gasteiger partial charge < -0.3 is 9.47 Å². The summed E-state index contributed by atoms with van der Waals surface area (Å²) in [5.41, 5.74) is -0.0266. The molecule has 1 aromatic carbocycles. The fourth-order valence-electron chi connectivity index (χ4n) is 1.25. The summed E-state index contributed by atoms with van der Waals surface area (Å²) < 4.78 is 10.3. The van der Waals surface area contributed by atoms with E-state index in [9.17, 15) is 10.1 Å². The zero-order valence-electron chi connectivity index (χ0n) is 9.52. The number of nitro groups is 1. The molecule has 94 valence electrons. The van der Waals surface area contributed by atoms with Crippen LogP contribution in [0.2, 0.25) is 5.02 Å². The Morgan fingerprint density at radius 3 is 2.71 bits per heavy atom. The second-order valence-electron chi connectivity index (χ2n) is 3.42. The lowest BCUT2D eigenvalue weighted by atomic mass is 10.3. The minimum Gasteiger partial charge on any atom is -0.492 e. The molecule has 0 amide bonds. The molecule has 17 heavy (non-hydrogen) atoms. The highest BCUT2D eigenvalue weighted by Crippen LogP contribution is 2.28. The molecule has 0 N–H and O–H groups in total. The SMILES string of the molecule is COCCCCOc1cc([N+](=O)[O-])ccc1Cl. The zero-order valence-corrected chi connectivity index (χ0v) is 10.3. The van der Waals surface area contributed by atoms with Crippen LogP contribution < -0.4 is 4.74 Å². The number of benzene rings is 1. The maximum atomic E-state index is 10.6. The summed E-state index contributed by atoms with van der Waals surface area (Å²) in [6.07, 6.45) is 1.69. The first-order chi connectivity index (χ1) is 8.15. The summed E-state index contributed by atoms with van der Waals surface area (Å²) in [4.78, 5) is 10.1. The molecular weight excluding hydrogens is 246 g/mol. The molecule has 5 nitrogen and oxygen atoms in total. The van der Waals surface area contributed by atoms with Crippen LogP contribution in [-0.4, -0.2) is 25.2 Å². The Labute approximate surface area is 104 Å². The molecule has 0 atom stereocenters. The first-order valence-electron chi connectivity index (χ1n) is 5.21. The van der Waals surface area contributed by atoms with Crippen molar-refractivity contribution in [1.82, 2.24) is 0 Å². The van der Waals surface area contributed by atoms with Crippen molar-refractivity contribution in [2.75, 3.05) is 20.3 Å². The molecular formula is C11H14ClNO4. The van der Waals surface area contributed by atoms with Crippen LogP contribution in [0.25, 0.3) is 0 Å². The number of halogens is 1. The molecule has 0 bridgehead atoms. The van der Waals surface area contributed by atoms with Crippen molar-refractivity contribution < 1.29 is 14.4 Å². The molecule has 6 heteroatoms. The number of unbranched alkanes of at least 4 members (excludes halogenated alkanes) is 1. The average molecular weight is 260 g/mol. The van der Waals surface area contributed by atoms with Crippen LogP contribution in [0.1, 0.15) is 12.8 Å². The second kappa shape index (κ2) is 7.09. The highest BCUT2D eigenvalue weighted by molar-refractivity contribution is 6.32. The Kier molecular flexibility index (Phi) is 5.72. The zero-order chi connectivity index (χ0) is 12.7. The van der Waals surface area contributed by atoms with E-state index in [0.29, 0.717) is 24.0 Å². The molecule has 0 spiro atoms. The topological polar surface area (TPSA) is 61.6 Å². The molecule has 0 aliphatic heterocycles. The first kappa shape index (κ1) is 13.7. The van der Waals surface area contributed by atoms with Gasteiger partial charge in [-0.25, -0.2) is 0 Å². The highest BCUT2D eigenvalue weighted by atomic mass is 35.5. The maximum Gasteiger partial charge on any atom is 0.273 e. The maximum absolute atomic E-state index is 10.6. The molecule has 0 heterocycles. The normalized spacial score (nSPS) is 10.2. The summed E-state index contributed by atoms with van der Waals surface area (Å²) in [5.74, 6) is 0.346. The predicted molar refractivity (Wildman–Crippen MR) is 64.7 cm³/mol. The van der Waals surface area contributed by atoms with E-state index in [0.717, 1.165) is 12.8 Å². The van der Waals surface area contributed by atoms with Gasteiger partial charge >= 0.3 is 0 Å². The van der Waals surface area contributed by atoms with E-state index in [1.165, 1.54) is 18.2 Å². The quantitative estimate of drug-likeness (QED) is 0.429. The number of methoxy groups -OCH3 is 1. The largest absolute Gasteiger partial charge is 0.492 e. The molecule has 1 aromatic rings. The van der Waals surface area contributed by atoms with Crippen molar-refractivity contribution in [3.05, 3.63) is 33.3 Å². The average Bonchev–Trinajstić information content (AvgIpc) is 2.30. The van der Waals surface area contributed by atoms with E-state index >= 15 is 0 Å². The van der Waals surface area contributed by atoms with Gasteiger partial charge in [-0.2, -0.15) is 0 Å². The van der Waals surface area contributed by atoms with E-state index in [-0.39, 0.29) is 5.69 Å². The van der Waals surface area contributed by atoms with E-state index in [1.54, 1.807) is 7.11 Å². The van der Waals surface area contributed by atoms with Crippen LogP contribution in [0.3, 0.4) is 0 Å². The van der Waals surface area contributed by atoms with Crippen molar-refractivity contribution in [3.8, 4) is 5.75 Å². The Morgan fingerprint density at radius 2 is 2.06 bits per heavy atom. The molecule has 0 saturated heterocycles. The van der Waals surface area contributed by atoms with Crippen LogP contribution in [0.4, 0.5) is 5.69 Å². The van der Waals surface area contributed by atoms with Crippen LogP contribution in [0, 0.1) is 10.1 Å². The van der Waals surface area contributed by atoms with Crippen molar-refractivity contribution in [2.24, 2.45) is 0 Å². The highest BCUT2D eigenvalue weighted by Gasteiger charge is 2.10. The number of nitro benzene ring substituents is 1. The van der Waals surface area contributed by atoms with E-state index in [2.05, 4.69) is 0 Å². The first-order valence-corrected chi connectivity index (χ1v) is 5.58. The summed E-state index contributed by atoms with van der Waals surface area (Å²) >= 11 is 5.87. The van der Waals surface area contributed by atoms with Gasteiger partial charge in [-0.1, -0.05) is 11.6 Å². The standard InChI is InChI=1S/C11H14ClNO4/c1-16-6-2-3-7-17-11-8-9(13(14)15)4-5-10(11)12/h4-5,8H,2-3,6-7H2,1H3. The Hall–Kier alpha value is -1.33. The third-order valence-corrected chi connectivity index (χ3v) is 2.44. The predicted octanol–water partition coefficient (Wildman–Crippen LogP) is 3.05. The van der Waals surface area contributed by atoms with Gasteiger partial charge in [0, 0.05) is 19.8 Å². The molecule has 0 aliphatic carbocycles. The number of nitrogens with zero attached hydrogens (tertiary/aromatic N) is 1. The van der Waals surface area contributed by atoms with Gasteiger partial charge in [0.25, 0.3) is 5.69 Å². The fourth-order valence-corrected chi connectivity index (χ4v) is 1.42.